The van der Waals surface area contributed by atoms with Crippen LogP contribution in [0.3, 0.4) is 0 Å². The van der Waals surface area contributed by atoms with Crippen LogP contribution in [0.25, 0.3) is 11.4 Å². The van der Waals surface area contributed by atoms with Gasteiger partial charge < -0.3 is 10.2 Å². The van der Waals surface area contributed by atoms with Crippen molar-refractivity contribution in [2.45, 2.75) is 26.2 Å². The minimum Gasteiger partial charge on any atom is -0.371 e. The molecule has 0 unspecified atom stereocenters. The van der Waals surface area contributed by atoms with Crippen molar-refractivity contribution in [3.05, 3.63) is 60.8 Å². The van der Waals surface area contributed by atoms with Gasteiger partial charge in [-0.25, -0.2) is 9.97 Å². The van der Waals surface area contributed by atoms with Crippen LogP contribution in [-0.2, 0) is 0 Å². The molecule has 0 radical (unpaired) electrons. The van der Waals surface area contributed by atoms with Crippen molar-refractivity contribution in [2.24, 2.45) is 5.92 Å². The molecule has 0 aliphatic carbocycles. The van der Waals surface area contributed by atoms with E-state index in [0.29, 0.717) is 0 Å². The maximum absolute atomic E-state index is 4.53. The number of aryl methyl sites for hydroxylation is 1. The molecule has 4 heterocycles. The minimum absolute atomic E-state index is 0.754. The molecular weight excluding hydrogens is 348 g/mol. The van der Waals surface area contributed by atoms with Crippen molar-refractivity contribution in [1.82, 2.24) is 19.9 Å². The number of aromatic nitrogens is 4. The molecule has 1 aliphatic heterocycles. The van der Waals surface area contributed by atoms with Crippen molar-refractivity contribution < 1.29 is 0 Å². The van der Waals surface area contributed by atoms with E-state index >= 15 is 0 Å². The zero-order valence-corrected chi connectivity index (χ0v) is 16.3. The quantitative estimate of drug-likeness (QED) is 0.704. The lowest BCUT2D eigenvalue weighted by molar-refractivity contribution is 0.389. The maximum Gasteiger partial charge on any atom is 0.130 e. The number of rotatable bonds is 6. The standard InChI is InChI=1S/C22H26N6/c1-17-26-21(20-4-2-3-10-24-20)16-22(27-17)25-13-5-18-8-14-28(15-9-18)19-6-11-23-12-7-19/h2-4,6-7,10-12,16,18H,5,8-9,13-15H2,1H3,(H,25,26,27). The monoisotopic (exact) mass is 374 g/mol. The van der Waals surface area contributed by atoms with E-state index in [4.69, 9.17) is 0 Å². The van der Waals surface area contributed by atoms with Gasteiger partial charge in [0, 0.05) is 50.0 Å². The second-order valence-electron chi connectivity index (χ2n) is 7.25. The van der Waals surface area contributed by atoms with E-state index in [0.717, 1.165) is 55.0 Å². The fraction of sp³-hybridized carbons (Fsp3) is 0.364. The molecule has 0 saturated carbocycles. The van der Waals surface area contributed by atoms with Crippen molar-refractivity contribution in [3.63, 3.8) is 0 Å². The minimum atomic E-state index is 0.754. The number of pyridine rings is 2. The van der Waals surface area contributed by atoms with Crippen LogP contribution in [0.1, 0.15) is 25.1 Å². The molecule has 6 heteroatoms. The summed E-state index contributed by atoms with van der Waals surface area (Å²) in [6, 6.07) is 12.0. The Bertz CT molecular complexity index is 876. The van der Waals surface area contributed by atoms with E-state index in [1.807, 2.05) is 43.6 Å². The summed E-state index contributed by atoms with van der Waals surface area (Å²) < 4.78 is 0. The van der Waals surface area contributed by atoms with Gasteiger partial charge in [-0.05, 0) is 56.4 Å². The molecule has 1 fully saturated rings. The molecule has 0 aromatic carbocycles. The van der Waals surface area contributed by atoms with Gasteiger partial charge in [0.15, 0.2) is 0 Å². The highest BCUT2D eigenvalue weighted by molar-refractivity contribution is 5.58. The Labute approximate surface area is 166 Å². The molecule has 3 aromatic rings. The lowest BCUT2D eigenvalue weighted by Gasteiger charge is -2.33. The number of hydrogen-bond acceptors (Lipinski definition) is 6. The fourth-order valence-corrected chi connectivity index (χ4v) is 3.74. The Balaban J connectivity index is 1.28. The van der Waals surface area contributed by atoms with Gasteiger partial charge in [-0.2, -0.15) is 0 Å². The third kappa shape index (κ3) is 4.63. The van der Waals surface area contributed by atoms with Crippen LogP contribution in [0.2, 0.25) is 0 Å². The molecule has 0 amide bonds. The first-order chi connectivity index (χ1) is 13.8. The topological polar surface area (TPSA) is 66.8 Å². The van der Waals surface area contributed by atoms with Crippen LogP contribution in [-0.4, -0.2) is 39.6 Å². The van der Waals surface area contributed by atoms with Gasteiger partial charge in [-0.1, -0.05) is 6.07 Å². The van der Waals surface area contributed by atoms with Crippen LogP contribution in [0.5, 0.6) is 0 Å². The Morgan fingerprint density at radius 1 is 1.00 bits per heavy atom. The van der Waals surface area contributed by atoms with Gasteiger partial charge in [0.1, 0.15) is 11.6 Å². The van der Waals surface area contributed by atoms with Crippen LogP contribution >= 0.6 is 0 Å². The summed E-state index contributed by atoms with van der Waals surface area (Å²) in [6.45, 7) is 5.08. The van der Waals surface area contributed by atoms with Gasteiger partial charge >= 0.3 is 0 Å². The summed E-state index contributed by atoms with van der Waals surface area (Å²) in [4.78, 5) is 20.0. The predicted octanol–water partition coefficient (Wildman–Crippen LogP) is 3.96. The van der Waals surface area contributed by atoms with Crippen LogP contribution < -0.4 is 10.2 Å². The summed E-state index contributed by atoms with van der Waals surface area (Å²) >= 11 is 0. The number of nitrogens with zero attached hydrogens (tertiary/aromatic N) is 5. The van der Waals surface area contributed by atoms with Gasteiger partial charge in [-0.15, -0.1) is 0 Å². The first kappa shape index (κ1) is 18.3. The number of anilines is 2. The second kappa shape index (κ2) is 8.78. The van der Waals surface area contributed by atoms with Crippen LogP contribution in [0.4, 0.5) is 11.5 Å². The first-order valence-corrected chi connectivity index (χ1v) is 9.94. The van der Waals surface area contributed by atoms with E-state index in [1.165, 1.54) is 18.5 Å². The summed E-state index contributed by atoms with van der Waals surface area (Å²) in [6.07, 6.45) is 9.14. The molecule has 0 atom stereocenters. The number of hydrogen-bond donors (Lipinski definition) is 1. The summed E-state index contributed by atoms with van der Waals surface area (Å²) in [5, 5.41) is 3.49. The smallest absolute Gasteiger partial charge is 0.130 e. The van der Waals surface area contributed by atoms with Crippen LogP contribution in [0, 0.1) is 12.8 Å². The molecule has 144 valence electrons. The molecule has 6 nitrogen and oxygen atoms in total. The van der Waals surface area contributed by atoms with E-state index in [1.54, 1.807) is 6.20 Å². The Kier molecular flexibility index (Phi) is 5.75. The van der Waals surface area contributed by atoms with Gasteiger partial charge in [0.05, 0.1) is 11.4 Å². The normalized spacial score (nSPS) is 14.8. The molecule has 1 aliphatic rings. The molecular formula is C22H26N6. The average Bonchev–Trinajstić information content (AvgIpc) is 2.75. The maximum atomic E-state index is 4.53. The highest BCUT2D eigenvalue weighted by Gasteiger charge is 2.19. The Morgan fingerprint density at radius 2 is 1.82 bits per heavy atom. The van der Waals surface area contributed by atoms with Gasteiger partial charge in [0.2, 0.25) is 0 Å². The summed E-state index contributed by atoms with van der Waals surface area (Å²) in [7, 11) is 0. The van der Waals surface area contributed by atoms with Crippen molar-refractivity contribution in [2.75, 3.05) is 29.9 Å². The van der Waals surface area contributed by atoms with Crippen LogP contribution in [0.15, 0.2) is 55.0 Å². The number of piperidine rings is 1. The van der Waals surface area contributed by atoms with Crippen molar-refractivity contribution in [1.29, 1.82) is 0 Å². The molecule has 1 saturated heterocycles. The number of nitrogens with one attached hydrogen (secondary N) is 1. The zero-order chi connectivity index (χ0) is 19.2. The van der Waals surface area contributed by atoms with E-state index in [9.17, 15) is 0 Å². The SMILES string of the molecule is Cc1nc(NCCC2CCN(c3ccncc3)CC2)cc(-c2ccccn2)n1. The largest absolute Gasteiger partial charge is 0.371 e. The lowest BCUT2D eigenvalue weighted by atomic mass is 9.93. The first-order valence-electron chi connectivity index (χ1n) is 9.94. The van der Waals surface area contributed by atoms with Crippen molar-refractivity contribution in [3.8, 4) is 11.4 Å². The molecule has 0 spiro atoms. The second-order valence-corrected chi connectivity index (χ2v) is 7.25. The molecule has 3 aromatic heterocycles. The Morgan fingerprint density at radius 3 is 2.57 bits per heavy atom. The third-order valence-corrected chi connectivity index (χ3v) is 5.27. The van der Waals surface area contributed by atoms with Crippen molar-refractivity contribution >= 4 is 11.5 Å². The van der Waals surface area contributed by atoms with Gasteiger partial charge in [0.25, 0.3) is 0 Å². The average molecular weight is 374 g/mol. The predicted molar refractivity (Wildman–Crippen MR) is 112 cm³/mol. The summed E-state index contributed by atoms with van der Waals surface area (Å²) in [5.74, 6) is 2.39. The zero-order valence-electron chi connectivity index (χ0n) is 16.3. The highest BCUT2D eigenvalue weighted by atomic mass is 15.1. The Hall–Kier alpha value is -3.02. The molecule has 0 bridgehead atoms. The molecule has 1 N–H and O–H groups in total. The van der Waals surface area contributed by atoms with E-state index in [-0.39, 0.29) is 0 Å². The van der Waals surface area contributed by atoms with E-state index in [2.05, 4.69) is 42.3 Å². The fourth-order valence-electron chi connectivity index (χ4n) is 3.74. The van der Waals surface area contributed by atoms with Gasteiger partial charge in [-0.3, -0.25) is 9.97 Å². The highest BCUT2D eigenvalue weighted by Crippen LogP contribution is 2.25. The lowest BCUT2D eigenvalue weighted by Crippen LogP contribution is -2.34. The third-order valence-electron chi connectivity index (χ3n) is 5.27. The summed E-state index contributed by atoms with van der Waals surface area (Å²) in [5.41, 5.74) is 3.02. The molecule has 28 heavy (non-hydrogen) atoms. The molecule has 4 rings (SSSR count). The van der Waals surface area contributed by atoms with E-state index < -0.39 is 0 Å².